The molecule has 2 heterocycles. The summed E-state index contributed by atoms with van der Waals surface area (Å²) in [4.78, 5) is 20.3. The first-order valence-electron chi connectivity index (χ1n) is 6.12. The van der Waals surface area contributed by atoms with E-state index in [9.17, 15) is 4.79 Å². The number of amides is 1. The number of carbonyl (C=O) groups excluding carboxylic acids is 1. The molecule has 0 aliphatic heterocycles. The summed E-state index contributed by atoms with van der Waals surface area (Å²) in [6, 6.07) is 5.74. The molecule has 0 aliphatic rings. The lowest BCUT2D eigenvalue weighted by molar-refractivity contribution is 0.0949. The van der Waals surface area contributed by atoms with Crippen molar-refractivity contribution in [3.05, 3.63) is 46.2 Å². The van der Waals surface area contributed by atoms with E-state index in [1.807, 2.05) is 18.2 Å². The third kappa shape index (κ3) is 4.11. The highest BCUT2D eigenvalue weighted by atomic mass is 32.1. The molecule has 2 aromatic rings. The van der Waals surface area contributed by atoms with E-state index in [0.717, 1.165) is 10.7 Å². The Morgan fingerprint density at radius 2 is 2.26 bits per heavy atom. The Morgan fingerprint density at radius 1 is 1.37 bits per heavy atom. The molecule has 0 radical (unpaired) electrons. The Bertz CT molecular complexity index is 526. The molecule has 19 heavy (non-hydrogen) atoms. The molecule has 0 atom stereocenters. The van der Waals surface area contributed by atoms with Gasteiger partial charge in [-0.1, -0.05) is 6.07 Å². The third-order valence-electron chi connectivity index (χ3n) is 2.54. The summed E-state index contributed by atoms with van der Waals surface area (Å²) in [5.74, 6) is -0.143. The minimum atomic E-state index is -0.143. The fourth-order valence-electron chi connectivity index (χ4n) is 1.59. The van der Waals surface area contributed by atoms with Gasteiger partial charge in [-0.3, -0.25) is 9.78 Å². The van der Waals surface area contributed by atoms with Crippen LogP contribution in [-0.4, -0.2) is 29.0 Å². The molecule has 1 amide bonds. The fourth-order valence-corrected chi connectivity index (χ4v) is 2.39. The van der Waals surface area contributed by atoms with Crippen LogP contribution >= 0.6 is 11.3 Å². The number of nitrogens with one attached hydrogen (secondary N) is 1. The van der Waals surface area contributed by atoms with E-state index in [-0.39, 0.29) is 5.91 Å². The maximum absolute atomic E-state index is 11.8. The van der Waals surface area contributed by atoms with Gasteiger partial charge in [-0.2, -0.15) is 0 Å². The number of pyridine rings is 1. The Balaban J connectivity index is 1.80. The van der Waals surface area contributed by atoms with E-state index >= 15 is 0 Å². The molecule has 3 N–H and O–H groups in total. The maximum atomic E-state index is 11.8. The van der Waals surface area contributed by atoms with Crippen LogP contribution in [-0.2, 0) is 12.8 Å². The second kappa shape index (κ2) is 6.96. The molecule has 5 nitrogen and oxygen atoms in total. The van der Waals surface area contributed by atoms with Crippen molar-refractivity contribution in [2.45, 2.75) is 12.8 Å². The number of carbonyl (C=O) groups is 1. The first-order valence-corrected chi connectivity index (χ1v) is 7.00. The van der Waals surface area contributed by atoms with Gasteiger partial charge in [0, 0.05) is 36.7 Å². The molecule has 2 aromatic heterocycles. The average molecular weight is 276 g/mol. The number of nitrogens with two attached hydrogens (primary N) is 1. The van der Waals surface area contributed by atoms with Crippen LogP contribution in [0.25, 0.3) is 0 Å². The normalized spacial score (nSPS) is 10.4. The first-order chi connectivity index (χ1) is 9.29. The summed E-state index contributed by atoms with van der Waals surface area (Å²) in [7, 11) is 0. The summed E-state index contributed by atoms with van der Waals surface area (Å²) in [5.41, 5.74) is 6.88. The number of rotatable bonds is 6. The number of thiazole rings is 1. The van der Waals surface area contributed by atoms with Crippen molar-refractivity contribution in [1.29, 1.82) is 0 Å². The third-order valence-corrected chi connectivity index (χ3v) is 3.44. The van der Waals surface area contributed by atoms with Crippen molar-refractivity contribution in [1.82, 2.24) is 15.3 Å². The van der Waals surface area contributed by atoms with Gasteiger partial charge in [-0.05, 0) is 18.7 Å². The van der Waals surface area contributed by atoms with Crippen LogP contribution in [0.15, 0.2) is 29.8 Å². The second-order valence-electron chi connectivity index (χ2n) is 3.99. The summed E-state index contributed by atoms with van der Waals surface area (Å²) in [5, 5.41) is 5.50. The zero-order valence-corrected chi connectivity index (χ0v) is 11.3. The molecule has 0 spiro atoms. The minimum Gasteiger partial charge on any atom is -0.350 e. The summed E-state index contributed by atoms with van der Waals surface area (Å²) >= 11 is 1.47. The SMILES string of the molecule is NCCc1nc(C(=O)NCCc2ccccn2)cs1. The predicted octanol–water partition coefficient (Wildman–Crippen LogP) is 1.01. The lowest BCUT2D eigenvalue weighted by atomic mass is 10.2. The molecular formula is C13H16N4OS. The molecule has 0 fully saturated rings. The Morgan fingerprint density at radius 3 is 3.00 bits per heavy atom. The Hall–Kier alpha value is -1.79. The van der Waals surface area contributed by atoms with E-state index in [0.29, 0.717) is 31.6 Å². The van der Waals surface area contributed by atoms with Gasteiger partial charge in [-0.15, -0.1) is 11.3 Å². The van der Waals surface area contributed by atoms with E-state index in [1.54, 1.807) is 11.6 Å². The molecule has 0 unspecified atom stereocenters. The van der Waals surface area contributed by atoms with Crippen molar-refractivity contribution >= 4 is 17.2 Å². The highest BCUT2D eigenvalue weighted by Crippen LogP contribution is 2.09. The molecule has 6 heteroatoms. The number of hydrogen-bond donors (Lipinski definition) is 2. The van der Waals surface area contributed by atoms with Gasteiger partial charge in [0.05, 0.1) is 5.01 Å². The average Bonchev–Trinajstić information content (AvgIpc) is 2.89. The summed E-state index contributed by atoms with van der Waals surface area (Å²) in [6.45, 7) is 1.11. The Labute approximate surface area is 115 Å². The van der Waals surface area contributed by atoms with Crippen molar-refractivity contribution in [2.24, 2.45) is 5.73 Å². The Kier molecular flexibility index (Phi) is 5.00. The van der Waals surface area contributed by atoms with Crippen LogP contribution in [0.3, 0.4) is 0 Å². The smallest absolute Gasteiger partial charge is 0.270 e. The van der Waals surface area contributed by atoms with Gasteiger partial charge in [0.1, 0.15) is 5.69 Å². The maximum Gasteiger partial charge on any atom is 0.270 e. The van der Waals surface area contributed by atoms with Gasteiger partial charge < -0.3 is 11.1 Å². The lowest BCUT2D eigenvalue weighted by Crippen LogP contribution is -2.26. The number of hydrogen-bond acceptors (Lipinski definition) is 5. The van der Waals surface area contributed by atoms with Crippen molar-refractivity contribution in [3.8, 4) is 0 Å². The summed E-state index contributed by atoms with van der Waals surface area (Å²) in [6.07, 6.45) is 3.18. The zero-order chi connectivity index (χ0) is 13.5. The van der Waals surface area contributed by atoms with Gasteiger partial charge in [0.2, 0.25) is 0 Å². The molecule has 0 saturated heterocycles. The number of aromatic nitrogens is 2. The van der Waals surface area contributed by atoms with E-state index in [4.69, 9.17) is 5.73 Å². The first kappa shape index (κ1) is 13.6. The molecule has 2 rings (SSSR count). The highest BCUT2D eigenvalue weighted by molar-refractivity contribution is 7.09. The number of nitrogens with zero attached hydrogens (tertiary/aromatic N) is 2. The standard InChI is InChI=1S/C13H16N4OS/c14-6-4-12-17-11(9-19-12)13(18)16-8-5-10-3-1-2-7-15-10/h1-3,7,9H,4-6,8,14H2,(H,16,18). The predicted molar refractivity (Wildman–Crippen MR) is 75.1 cm³/mol. The fraction of sp³-hybridized carbons (Fsp3) is 0.308. The second-order valence-corrected chi connectivity index (χ2v) is 4.93. The lowest BCUT2D eigenvalue weighted by Gasteiger charge is -2.02. The molecular weight excluding hydrogens is 260 g/mol. The van der Waals surface area contributed by atoms with Gasteiger partial charge >= 0.3 is 0 Å². The minimum absolute atomic E-state index is 0.143. The van der Waals surface area contributed by atoms with Gasteiger partial charge in [0.15, 0.2) is 0 Å². The van der Waals surface area contributed by atoms with E-state index in [1.165, 1.54) is 11.3 Å². The van der Waals surface area contributed by atoms with Gasteiger partial charge in [-0.25, -0.2) is 4.98 Å². The van der Waals surface area contributed by atoms with Crippen LogP contribution in [0, 0.1) is 0 Å². The molecule has 100 valence electrons. The largest absolute Gasteiger partial charge is 0.350 e. The molecule has 0 aromatic carbocycles. The van der Waals surface area contributed by atoms with E-state index in [2.05, 4.69) is 15.3 Å². The summed E-state index contributed by atoms with van der Waals surface area (Å²) < 4.78 is 0. The zero-order valence-electron chi connectivity index (χ0n) is 10.5. The van der Waals surface area contributed by atoms with Crippen molar-refractivity contribution in [2.75, 3.05) is 13.1 Å². The van der Waals surface area contributed by atoms with Crippen LogP contribution in [0.5, 0.6) is 0 Å². The molecule has 0 saturated carbocycles. The van der Waals surface area contributed by atoms with Crippen molar-refractivity contribution in [3.63, 3.8) is 0 Å². The molecule has 0 bridgehead atoms. The van der Waals surface area contributed by atoms with E-state index < -0.39 is 0 Å². The monoisotopic (exact) mass is 276 g/mol. The van der Waals surface area contributed by atoms with Crippen LogP contribution in [0.2, 0.25) is 0 Å². The van der Waals surface area contributed by atoms with Crippen LogP contribution in [0.4, 0.5) is 0 Å². The van der Waals surface area contributed by atoms with Crippen molar-refractivity contribution < 1.29 is 4.79 Å². The van der Waals surface area contributed by atoms with Crippen LogP contribution in [0.1, 0.15) is 21.2 Å². The van der Waals surface area contributed by atoms with Gasteiger partial charge in [0.25, 0.3) is 5.91 Å². The topological polar surface area (TPSA) is 80.9 Å². The highest BCUT2D eigenvalue weighted by Gasteiger charge is 2.09. The molecule has 0 aliphatic carbocycles. The quantitative estimate of drug-likeness (QED) is 0.825. The van der Waals surface area contributed by atoms with Crippen LogP contribution < -0.4 is 11.1 Å².